The highest BCUT2D eigenvalue weighted by Gasteiger charge is 2.31. The van der Waals surface area contributed by atoms with Crippen LogP contribution < -0.4 is 0 Å². The van der Waals surface area contributed by atoms with E-state index < -0.39 is 0 Å². The minimum absolute atomic E-state index is 0.0920. The fourth-order valence-corrected chi connectivity index (χ4v) is 3.38. The van der Waals surface area contributed by atoms with Crippen molar-refractivity contribution in [2.75, 3.05) is 6.54 Å². The summed E-state index contributed by atoms with van der Waals surface area (Å²) in [7, 11) is 0. The summed E-state index contributed by atoms with van der Waals surface area (Å²) in [6.45, 7) is 0.782. The Labute approximate surface area is 121 Å². The van der Waals surface area contributed by atoms with Gasteiger partial charge in [-0.1, -0.05) is 12.1 Å². The molecular formula is C15H15FN2OS. The Hall–Kier alpha value is -1.75. The molecule has 1 amide bonds. The average molecular weight is 290 g/mol. The van der Waals surface area contributed by atoms with Gasteiger partial charge in [0.15, 0.2) is 0 Å². The molecule has 3 rings (SSSR count). The molecule has 2 aromatic rings. The lowest BCUT2D eigenvalue weighted by molar-refractivity contribution is -0.131. The van der Waals surface area contributed by atoms with Gasteiger partial charge >= 0.3 is 0 Å². The summed E-state index contributed by atoms with van der Waals surface area (Å²) in [6, 6.07) is 6.24. The molecule has 1 unspecified atom stereocenters. The van der Waals surface area contributed by atoms with Crippen molar-refractivity contribution in [2.45, 2.75) is 25.3 Å². The lowest BCUT2D eigenvalue weighted by Crippen LogP contribution is -2.31. The number of halogens is 1. The van der Waals surface area contributed by atoms with Crippen molar-refractivity contribution >= 4 is 17.2 Å². The van der Waals surface area contributed by atoms with Crippen LogP contribution in [0.1, 0.15) is 29.5 Å². The first-order valence-electron chi connectivity index (χ1n) is 6.67. The summed E-state index contributed by atoms with van der Waals surface area (Å²) in [5, 5.41) is 2.95. The van der Waals surface area contributed by atoms with Crippen LogP contribution in [-0.2, 0) is 11.2 Å². The maximum Gasteiger partial charge on any atom is 0.227 e. The Kier molecular flexibility index (Phi) is 3.78. The first-order valence-corrected chi connectivity index (χ1v) is 7.55. The van der Waals surface area contributed by atoms with E-state index >= 15 is 0 Å². The molecule has 1 aromatic carbocycles. The van der Waals surface area contributed by atoms with Crippen LogP contribution in [0, 0.1) is 5.82 Å². The van der Waals surface area contributed by atoms with Gasteiger partial charge in [0.25, 0.3) is 0 Å². The van der Waals surface area contributed by atoms with E-state index in [0.29, 0.717) is 6.42 Å². The number of thiazole rings is 1. The smallest absolute Gasteiger partial charge is 0.227 e. The van der Waals surface area contributed by atoms with Gasteiger partial charge in [0.1, 0.15) is 10.8 Å². The molecule has 1 atom stereocenters. The number of hydrogen-bond donors (Lipinski definition) is 0. The van der Waals surface area contributed by atoms with Crippen molar-refractivity contribution < 1.29 is 9.18 Å². The molecule has 104 valence electrons. The second-order valence-corrected chi connectivity index (χ2v) is 5.84. The third-order valence-corrected chi connectivity index (χ3v) is 4.46. The molecule has 0 N–H and O–H groups in total. The standard InChI is InChI=1S/C15H15FN2OS/c16-12-5-3-11(4-6-12)10-14(19)18-8-1-2-13(18)15-17-7-9-20-15/h3-7,9,13H,1-2,8,10H2. The fraction of sp³-hybridized carbons (Fsp3) is 0.333. The fourth-order valence-electron chi connectivity index (χ4n) is 2.60. The van der Waals surface area contributed by atoms with E-state index in [1.807, 2.05) is 10.3 Å². The van der Waals surface area contributed by atoms with Gasteiger partial charge in [-0.2, -0.15) is 0 Å². The Bertz CT molecular complexity index is 582. The van der Waals surface area contributed by atoms with E-state index in [1.165, 1.54) is 12.1 Å². The third kappa shape index (κ3) is 2.72. The van der Waals surface area contributed by atoms with Crippen LogP contribution in [0.25, 0.3) is 0 Å². The van der Waals surface area contributed by atoms with Crippen LogP contribution in [0.3, 0.4) is 0 Å². The topological polar surface area (TPSA) is 33.2 Å². The van der Waals surface area contributed by atoms with Crippen molar-refractivity contribution in [2.24, 2.45) is 0 Å². The maximum atomic E-state index is 12.9. The summed E-state index contributed by atoms with van der Waals surface area (Å²) in [6.07, 6.45) is 4.09. The molecule has 1 fully saturated rings. The molecule has 0 aliphatic carbocycles. The maximum absolute atomic E-state index is 12.9. The highest BCUT2D eigenvalue weighted by atomic mass is 32.1. The monoisotopic (exact) mass is 290 g/mol. The van der Waals surface area contributed by atoms with Gasteiger partial charge < -0.3 is 4.90 Å². The van der Waals surface area contributed by atoms with E-state index in [0.717, 1.165) is 30.0 Å². The number of hydrogen-bond acceptors (Lipinski definition) is 3. The van der Waals surface area contributed by atoms with Gasteiger partial charge in [0.05, 0.1) is 12.5 Å². The summed E-state index contributed by atoms with van der Waals surface area (Å²) < 4.78 is 12.9. The number of carbonyl (C=O) groups is 1. The van der Waals surface area contributed by atoms with Crippen LogP contribution in [0.2, 0.25) is 0 Å². The molecular weight excluding hydrogens is 275 g/mol. The van der Waals surface area contributed by atoms with Gasteiger partial charge in [-0.15, -0.1) is 11.3 Å². The lowest BCUT2D eigenvalue weighted by atomic mass is 10.1. The predicted octanol–water partition coefficient (Wildman–Crippen LogP) is 3.19. The predicted molar refractivity (Wildman–Crippen MR) is 75.9 cm³/mol. The molecule has 0 saturated carbocycles. The van der Waals surface area contributed by atoms with Gasteiger partial charge in [-0.05, 0) is 30.5 Å². The molecule has 1 aliphatic heterocycles. The minimum atomic E-state index is -0.275. The van der Waals surface area contributed by atoms with Crippen molar-refractivity contribution in [3.8, 4) is 0 Å². The first-order chi connectivity index (χ1) is 9.74. The quantitative estimate of drug-likeness (QED) is 0.870. The van der Waals surface area contributed by atoms with Crippen molar-refractivity contribution in [1.82, 2.24) is 9.88 Å². The summed E-state index contributed by atoms with van der Waals surface area (Å²) >= 11 is 1.60. The zero-order chi connectivity index (χ0) is 13.9. The lowest BCUT2D eigenvalue weighted by Gasteiger charge is -2.23. The van der Waals surface area contributed by atoms with Gasteiger partial charge in [-0.3, -0.25) is 4.79 Å². The van der Waals surface area contributed by atoms with Crippen molar-refractivity contribution in [1.29, 1.82) is 0 Å². The van der Waals surface area contributed by atoms with E-state index in [2.05, 4.69) is 4.98 Å². The second kappa shape index (κ2) is 5.71. The second-order valence-electron chi connectivity index (χ2n) is 4.92. The molecule has 0 bridgehead atoms. The van der Waals surface area contributed by atoms with Crippen molar-refractivity contribution in [3.63, 3.8) is 0 Å². The summed E-state index contributed by atoms with van der Waals surface area (Å²) in [5.74, 6) is -0.183. The van der Waals surface area contributed by atoms with Gasteiger partial charge in [0.2, 0.25) is 5.91 Å². The average Bonchev–Trinajstić information content (AvgIpc) is 3.11. The first kappa shape index (κ1) is 13.2. The van der Waals surface area contributed by atoms with E-state index in [-0.39, 0.29) is 17.8 Å². The zero-order valence-electron chi connectivity index (χ0n) is 11.0. The van der Waals surface area contributed by atoms with Crippen LogP contribution in [0.5, 0.6) is 0 Å². The number of nitrogens with zero attached hydrogens (tertiary/aromatic N) is 2. The molecule has 20 heavy (non-hydrogen) atoms. The zero-order valence-corrected chi connectivity index (χ0v) is 11.8. The highest BCUT2D eigenvalue weighted by Crippen LogP contribution is 2.33. The van der Waals surface area contributed by atoms with Gasteiger partial charge in [0, 0.05) is 18.1 Å². The molecule has 1 aliphatic rings. The Balaban J connectivity index is 1.71. The number of aromatic nitrogens is 1. The van der Waals surface area contributed by atoms with Gasteiger partial charge in [-0.25, -0.2) is 9.37 Å². The molecule has 2 heterocycles. The number of rotatable bonds is 3. The molecule has 1 aromatic heterocycles. The molecule has 3 nitrogen and oxygen atoms in total. The van der Waals surface area contributed by atoms with Crippen LogP contribution in [0.4, 0.5) is 4.39 Å². The SMILES string of the molecule is O=C(Cc1ccc(F)cc1)N1CCCC1c1nccs1. The molecule has 0 spiro atoms. The Morgan fingerprint density at radius 3 is 2.90 bits per heavy atom. The van der Waals surface area contributed by atoms with Crippen LogP contribution >= 0.6 is 11.3 Å². The number of carbonyl (C=O) groups excluding carboxylic acids is 1. The number of likely N-dealkylation sites (tertiary alicyclic amines) is 1. The van der Waals surface area contributed by atoms with E-state index in [9.17, 15) is 9.18 Å². The summed E-state index contributed by atoms with van der Waals surface area (Å²) in [4.78, 5) is 18.6. The Morgan fingerprint density at radius 2 is 2.20 bits per heavy atom. The highest BCUT2D eigenvalue weighted by molar-refractivity contribution is 7.09. The van der Waals surface area contributed by atoms with Crippen LogP contribution in [0.15, 0.2) is 35.8 Å². The van der Waals surface area contributed by atoms with Crippen molar-refractivity contribution in [3.05, 3.63) is 52.2 Å². The third-order valence-electron chi connectivity index (χ3n) is 3.58. The van der Waals surface area contributed by atoms with E-state index in [1.54, 1.807) is 29.7 Å². The molecule has 5 heteroatoms. The normalized spacial score (nSPS) is 18.4. The number of amides is 1. The Morgan fingerprint density at radius 1 is 1.40 bits per heavy atom. The largest absolute Gasteiger partial charge is 0.333 e. The molecule has 1 saturated heterocycles. The summed E-state index contributed by atoms with van der Waals surface area (Å²) in [5.41, 5.74) is 0.848. The number of benzene rings is 1. The molecule has 0 radical (unpaired) electrons. The minimum Gasteiger partial charge on any atom is -0.333 e. The van der Waals surface area contributed by atoms with E-state index in [4.69, 9.17) is 0 Å². The van der Waals surface area contributed by atoms with Crippen LogP contribution in [-0.4, -0.2) is 22.3 Å².